The maximum atomic E-state index is 2.52. The van der Waals surface area contributed by atoms with Gasteiger partial charge in [0, 0.05) is 18.8 Å². The van der Waals surface area contributed by atoms with E-state index in [-0.39, 0.29) is 0 Å². The first-order valence-electron chi connectivity index (χ1n) is 4.21. The third kappa shape index (κ3) is 0.695. The molecule has 2 bridgehead atoms. The molecule has 0 spiro atoms. The molecule has 0 aromatic heterocycles. The smallest absolute Gasteiger partial charge is 0.0180 e. The van der Waals surface area contributed by atoms with Gasteiger partial charge in [0.1, 0.15) is 0 Å². The van der Waals surface area contributed by atoms with Crippen molar-refractivity contribution in [2.45, 2.75) is 26.7 Å². The summed E-state index contributed by atoms with van der Waals surface area (Å²) in [5.41, 5.74) is 3.21. The summed E-state index contributed by atoms with van der Waals surface area (Å²) in [6.45, 7) is 7.19. The molecular formula is C9H15N. The monoisotopic (exact) mass is 137 g/mol. The van der Waals surface area contributed by atoms with Gasteiger partial charge in [-0.05, 0) is 32.6 Å². The van der Waals surface area contributed by atoms with Gasteiger partial charge in [0.05, 0.1) is 0 Å². The summed E-state index contributed by atoms with van der Waals surface area (Å²) in [4.78, 5) is 2.52. The van der Waals surface area contributed by atoms with Crippen molar-refractivity contribution in [3.8, 4) is 0 Å². The molecule has 56 valence electrons. The van der Waals surface area contributed by atoms with Gasteiger partial charge in [-0.2, -0.15) is 0 Å². The SMILES string of the molecule is CC1=C(C)N2CCC1CC2. The second-order valence-electron chi connectivity index (χ2n) is 3.53. The van der Waals surface area contributed by atoms with E-state index in [0.717, 1.165) is 5.92 Å². The molecule has 0 saturated carbocycles. The maximum absolute atomic E-state index is 2.52. The first-order valence-corrected chi connectivity index (χ1v) is 4.21. The highest BCUT2D eigenvalue weighted by molar-refractivity contribution is 5.18. The number of nitrogens with zero attached hydrogens (tertiary/aromatic N) is 1. The van der Waals surface area contributed by atoms with Gasteiger partial charge in [-0.15, -0.1) is 0 Å². The molecule has 0 amide bonds. The maximum Gasteiger partial charge on any atom is 0.0180 e. The molecule has 0 unspecified atom stereocenters. The van der Waals surface area contributed by atoms with Crippen LogP contribution in [0, 0.1) is 5.92 Å². The Morgan fingerprint density at radius 3 is 2.10 bits per heavy atom. The third-order valence-corrected chi connectivity index (χ3v) is 3.15. The van der Waals surface area contributed by atoms with E-state index in [2.05, 4.69) is 18.7 Å². The minimum absolute atomic E-state index is 0.935. The second kappa shape index (κ2) is 2.01. The van der Waals surface area contributed by atoms with Gasteiger partial charge >= 0.3 is 0 Å². The van der Waals surface area contributed by atoms with Gasteiger partial charge in [0.2, 0.25) is 0 Å². The topological polar surface area (TPSA) is 3.24 Å². The van der Waals surface area contributed by atoms with Crippen molar-refractivity contribution < 1.29 is 0 Å². The summed E-state index contributed by atoms with van der Waals surface area (Å²) in [6.07, 6.45) is 2.81. The van der Waals surface area contributed by atoms with E-state index in [0.29, 0.717) is 0 Å². The van der Waals surface area contributed by atoms with Crippen LogP contribution < -0.4 is 0 Å². The fourth-order valence-corrected chi connectivity index (χ4v) is 2.19. The van der Waals surface area contributed by atoms with Crippen LogP contribution in [0.5, 0.6) is 0 Å². The van der Waals surface area contributed by atoms with Crippen molar-refractivity contribution in [2.75, 3.05) is 13.1 Å². The summed E-state index contributed by atoms with van der Waals surface area (Å²) in [5, 5.41) is 0. The zero-order valence-corrected chi connectivity index (χ0v) is 6.85. The van der Waals surface area contributed by atoms with E-state index < -0.39 is 0 Å². The molecule has 1 nitrogen and oxygen atoms in total. The number of hydrogen-bond donors (Lipinski definition) is 0. The standard InChI is InChI=1S/C9H15N/c1-7-8(2)10-5-3-9(7)4-6-10/h9H,3-6H2,1-2H3. The summed E-state index contributed by atoms with van der Waals surface area (Å²) < 4.78 is 0. The summed E-state index contributed by atoms with van der Waals surface area (Å²) in [5.74, 6) is 0.935. The molecule has 1 fully saturated rings. The largest absolute Gasteiger partial charge is 0.375 e. The van der Waals surface area contributed by atoms with Gasteiger partial charge in [0.25, 0.3) is 0 Å². The molecule has 0 atom stereocenters. The number of allylic oxidation sites excluding steroid dienone is 2. The van der Waals surface area contributed by atoms with Crippen LogP contribution in [0.1, 0.15) is 26.7 Å². The van der Waals surface area contributed by atoms with Crippen LogP contribution in [0.25, 0.3) is 0 Å². The minimum Gasteiger partial charge on any atom is -0.375 e. The zero-order chi connectivity index (χ0) is 7.14. The van der Waals surface area contributed by atoms with Crippen LogP contribution in [0.4, 0.5) is 0 Å². The Labute approximate surface area is 62.7 Å². The van der Waals surface area contributed by atoms with Crippen molar-refractivity contribution in [3.05, 3.63) is 11.3 Å². The Bertz CT molecular complexity index is 153. The molecule has 1 heteroatoms. The van der Waals surface area contributed by atoms with Crippen molar-refractivity contribution in [2.24, 2.45) is 5.92 Å². The minimum atomic E-state index is 0.935. The quantitative estimate of drug-likeness (QED) is 0.493. The molecule has 3 aliphatic rings. The van der Waals surface area contributed by atoms with Crippen LogP contribution in [-0.4, -0.2) is 18.0 Å². The van der Waals surface area contributed by atoms with Crippen LogP contribution >= 0.6 is 0 Å². The van der Waals surface area contributed by atoms with E-state index in [4.69, 9.17) is 0 Å². The molecule has 0 radical (unpaired) electrons. The lowest BCUT2D eigenvalue weighted by Crippen LogP contribution is -2.38. The molecule has 10 heavy (non-hydrogen) atoms. The van der Waals surface area contributed by atoms with Crippen molar-refractivity contribution in [3.63, 3.8) is 0 Å². The average Bonchev–Trinajstić information content (AvgIpc) is 2.00. The van der Waals surface area contributed by atoms with Crippen LogP contribution in [0.2, 0.25) is 0 Å². The predicted octanol–water partition coefficient (Wildman–Crippen LogP) is 2.01. The first-order chi connectivity index (χ1) is 4.79. The highest BCUT2D eigenvalue weighted by Gasteiger charge is 2.27. The lowest BCUT2D eigenvalue weighted by Gasteiger charge is -2.42. The van der Waals surface area contributed by atoms with Crippen molar-refractivity contribution in [1.29, 1.82) is 0 Å². The highest BCUT2D eigenvalue weighted by atomic mass is 15.1. The van der Waals surface area contributed by atoms with Crippen molar-refractivity contribution >= 4 is 0 Å². The predicted molar refractivity (Wildman–Crippen MR) is 42.7 cm³/mol. The summed E-state index contributed by atoms with van der Waals surface area (Å²) in [7, 11) is 0. The number of hydrogen-bond acceptors (Lipinski definition) is 1. The molecule has 3 aliphatic heterocycles. The molecular weight excluding hydrogens is 122 g/mol. The Morgan fingerprint density at radius 2 is 1.80 bits per heavy atom. The van der Waals surface area contributed by atoms with E-state index in [9.17, 15) is 0 Å². The lowest BCUT2D eigenvalue weighted by atomic mass is 9.84. The molecule has 0 aromatic carbocycles. The van der Waals surface area contributed by atoms with Gasteiger partial charge in [0.15, 0.2) is 0 Å². The van der Waals surface area contributed by atoms with Gasteiger partial charge < -0.3 is 4.90 Å². The Morgan fingerprint density at radius 1 is 1.20 bits per heavy atom. The fourth-order valence-electron chi connectivity index (χ4n) is 2.19. The Hall–Kier alpha value is -0.460. The van der Waals surface area contributed by atoms with E-state index >= 15 is 0 Å². The van der Waals surface area contributed by atoms with Gasteiger partial charge in [-0.3, -0.25) is 0 Å². The summed E-state index contributed by atoms with van der Waals surface area (Å²) >= 11 is 0. The van der Waals surface area contributed by atoms with E-state index in [1.54, 1.807) is 11.3 Å². The fraction of sp³-hybridized carbons (Fsp3) is 0.778. The Kier molecular flexibility index (Phi) is 1.26. The molecule has 0 aromatic rings. The van der Waals surface area contributed by atoms with Crippen LogP contribution in [0.3, 0.4) is 0 Å². The molecule has 3 heterocycles. The first kappa shape index (κ1) is 6.26. The average molecular weight is 137 g/mol. The van der Waals surface area contributed by atoms with Crippen LogP contribution in [0.15, 0.2) is 11.3 Å². The van der Waals surface area contributed by atoms with Crippen molar-refractivity contribution in [1.82, 2.24) is 4.90 Å². The third-order valence-electron chi connectivity index (χ3n) is 3.15. The molecule has 3 rings (SSSR count). The second-order valence-corrected chi connectivity index (χ2v) is 3.53. The molecule has 0 aliphatic carbocycles. The molecule has 0 N–H and O–H groups in total. The zero-order valence-electron chi connectivity index (χ0n) is 6.85. The number of rotatable bonds is 0. The lowest BCUT2D eigenvalue weighted by molar-refractivity contribution is 0.207. The van der Waals surface area contributed by atoms with Gasteiger partial charge in [-0.25, -0.2) is 0 Å². The van der Waals surface area contributed by atoms with Gasteiger partial charge in [-0.1, -0.05) is 5.57 Å². The number of fused-ring (bicyclic) bond motifs is 2. The molecule has 1 saturated heterocycles. The number of piperidine rings is 1. The van der Waals surface area contributed by atoms with E-state index in [1.807, 2.05) is 0 Å². The Balaban J connectivity index is 2.35. The normalized spacial score (nSPS) is 26.4. The summed E-state index contributed by atoms with van der Waals surface area (Å²) in [6, 6.07) is 0. The van der Waals surface area contributed by atoms with E-state index in [1.165, 1.54) is 25.9 Å². The van der Waals surface area contributed by atoms with Crippen LogP contribution in [-0.2, 0) is 0 Å². The highest BCUT2D eigenvalue weighted by Crippen LogP contribution is 2.34.